The molecule has 0 heterocycles. The van der Waals surface area contributed by atoms with Gasteiger partial charge in [-0.3, -0.25) is 0 Å². The summed E-state index contributed by atoms with van der Waals surface area (Å²) in [5.74, 6) is 0.865. The van der Waals surface area contributed by atoms with Crippen LogP contribution in [-0.4, -0.2) is 12.6 Å². The molecule has 2 rings (SSSR count). The zero-order chi connectivity index (χ0) is 10.7. The summed E-state index contributed by atoms with van der Waals surface area (Å²) in [6, 6.07) is 0.885. The van der Waals surface area contributed by atoms with Crippen molar-refractivity contribution in [1.29, 1.82) is 0 Å². The highest BCUT2D eigenvalue weighted by atomic mass is 15.0. The highest BCUT2D eigenvalue weighted by Gasteiger charge is 2.34. The Morgan fingerprint density at radius 3 is 2.33 bits per heavy atom. The molecule has 0 aliphatic heterocycles. The number of rotatable bonds is 5. The van der Waals surface area contributed by atoms with Crippen LogP contribution in [0.4, 0.5) is 0 Å². The van der Waals surface area contributed by atoms with E-state index in [4.69, 9.17) is 0 Å². The fourth-order valence-corrected chi connectivity index (χ4v) is 3.27. The normalized spacial score (nSPS) is 25.8. The predicted molar refractivity (Wildman–Crippen MR) is 66.0 cm³/mol. The van der Waals surface area contributed by atoms with Gasteiger partial charge in [0.1, 0.15) is 0 Å². The van der Waals surface area contributed by atoms with Crippen LogP contribution < -0.4 is 5.32 Å². The van der Waals surface area contributed by atoms with Gasteiger partial charge in [-0.1, -0.05) is 33.1 Å². The molecule has 2 aliphatic rings. The van der Waals surface area contributed by atoms with Gasteiger partial charge in [0, 0.05) is 12.6 Å². The molecule has 2 saturated carbocycles. The quantitative estimate of drug-likeness (QED) is 0.727. The molecular weight excluding hydrogens is 182 g/mol. The molecule has 0 saturated heterocycles. The Bertz CT molecular complexity index is 188. The van der Waals surface area contributed by atoms with Crippen LogP contribution in [0.1, 0.15) is 65.2 Å². The van der Waals surface area contributed by atoms with Crippen molar-refractivity contribution in [3.05, 3.63) is 0 Å². The lowest BCUT2D eigenvalue weighted by atomic mass is 9.69. The Morgan fingerprint density at radius 1 is 1.13 bits per heavy atom. The zero-order valence-electron chi connectivity index (χ0n) is 10.5. The van der Waals surface area contributed by atoms with Crippen LogP contribution in [0.5, 0.6) is 0 Å². The minimum absolute atomic E-state index is 0.662. The van der Waals surface area contributed by atoms with Gasteiger partial charge in [0.2, 0.25) is 0 Å². The van der Waals surface area contributed by atoms with Crippen molar-refractivity contribution < 1.29 is 0 Å². The SMILES string of the molecule is CC(C)CC1(CNC2CC2)CCCCC1. The van der Waals surface area contributed by atoms with E-state index in [1.54, 1.807) is 0 Å². The smallest absolute Gasteiger partial charge is 0.00684 e. The third-order valence-electron chi connectivity index (χ3n) is 4.10. The standard InChI is InChI=1S/C14H27N/c1-12(2)10-14(8-4-3-5-9-14)11-15-13-6-7-13/h12-13,15H,3-11H2,1-2H3. The summed E-state index contributed by atoms with van der Waals surface area (Å²) >= 11 is 0. The highest BCUT2D eigenvalue weighted by Crippen LogP contribution is 2.41. The molecule has 0 bridgehead atoms. The fourth-order valence-electron chi connectivity index (χ4n) is 3.27. The van der Waals surface area contributed by atoms with Crippen LogP contribution in [0.15, 0.2) is 0 Å². The van der Waals surface area contributed by atoms with Gasteiger partial charge in [0.25, 0.3) is 0 Å². The summed E-state index contributed by atoms with van der Waals surface area (Å²) in [6.45, 7) is 6.07. The van der Waals surface area contributed by atoms with Gasteiger partial charge >= 0.3 is 0 Å². The Labute approximate surface area is 95.0 Å². The van der Waals surface area contributed by atoms with Gasteiger partial charge in [0.15, 0.2) is 0 Å². The van der Waals surface area contributed by atoms with Crippen LogP contribution in [0, 0.1) is 11.3 Å². The highest BCUT2D eigenvalue weighted by molar-refractivity contribution is 4.90. The number of nitrogens with one attached hydrogen (secondary N) is 1. The summed E-state index contributed by atoms with van der Waals surface area (Å²) in [5, 5.41) is 3.77. The maximum atomic E-state index is 3.77. The fraction of sp³-hybridized carbons (Fsp3) is 1.00. The van der Waals surface area contributed by atoms with Gasteiger partial charge in [-0.2, -0.15) is 0 Å². The molecule has 88 valence electrons. The van der Waals surface area contributed by atoms with Crippen LogP contribution in [-0.2, 0) is 0 Å². The first-order chi connectivity index (χ1) is 7.20. The predicted octanol–water partition coefficient (Wildman–Crippen LogP) is 3.74. The molecule has 0 unspecified atom stereocenters. The summed E-state index contributed by atoms with van der Waals surface area (Å²) in [7, 11) is 0. The average Bonchev–Trinajstić information content (AvgIpc) is 2.99. The lowest BCUT2D eigenvalue weighted by molar-refractivity contribution is 0.145. The van der Waals surface area contributed by atoms with E-state index in [0.29, 0.717) is 5.41 Å². The number of hydrogen-bond acceptors (Lipinski definition) is 1. The molecule has 1 nitrogen and oxygen atoms in total. The van der Waals surface area contributed by atoms with Crippen LogP contribution in [0.25, 0.3) is 0 Å². The van der Waals surface area contributed by atoms with Crippen molar-refractivity contribution in [2.75, 3.05) is 6.54 Å². The molecule has 0 aromatic carbocycles. The molecule has 0 aromatic heterocycles. The first kappa shape index (κ1) is 11.4. The average molecular weight is 209 g/mol. The van der Waals surface area contributed by atoms with E-state index in [1.807, 2.05) is 0 Å². The van der Waals surface area contributed by atoms with Gasteiger partial charge in [-0.15, -0.1) is 0 Å². The van der Waals surface area contributed by atoms with Crippen molar-refractivity contribution >= 4 is 0 Å². The van der Waals surface area contributed by atoms with E-state index in [-0.39, 0.29) is 0 Å². The second kappa shape index (κ2) is 4.86. The van der Waals surface area contributed by atoms with E-state index in [0.717, 1.165) is 12.0 Å². The van der Waals surface area contributed by atoms with Crippen molar-refractivity contribution in [3.8, 4) is 0 Å². The van der Waals surface area contributed by atoms with E-state index >= 15 is 0 Å². The zero-order valence-corrected chi connectivity index (χ0v) is 10.5. The van der Waals surface area contributed by atoms with Gasteiger partial charge < -0.3 is 5.32 Å². The molecule has 0 atom stereocenters. The third kappa shape index (κ3) is 3.48. The molecule has 0 spiro atoms. The second-order valence-electron chi connectivity index (χ2n) is 6.31. The molecule has 0 radical (unpaired) electrons. The van der Waals surface area contributed by atoms with Crippen LogP contribution in [0.2, 0.25) is 0 Å². The second-order valence-corrected chi connectivity index (χ2v) is 6.31. The molecule has 1 heteroatoms. The Kier molecular flexibility index (Phi) is 3.71. The Morgan fingerprint density at radius 2 is 1.80 bits per heavy atom. The number of hydrogen-bond donors (Lipinski definition) is 1. The molecule has 1 N–H and O–H groups in total. The molecule has 15 heavy (non-hydrogen) atoms. The minimum atomic E-state index is 0.662. The molecular formula is C14H27N. The third-order valence-corrected chi connectivity index (χ3v) is 4.10. The van der Waals surface area contributed by atoms with E-state index in [9.17, 15) is 0 Å². The minimum Gasteiger partial charge on any atom is -0.313 e. The molecule has 2 fully saturated rings. The van der Waals surface area contributed by atoms with Crippen molar-refractivity contribution in [3.63, 3.8) is 0 Å². The van der Waals surface area contributed by atoms with Crippen LogP contribution >= 0.6 is 0 Å². The summed E-state index contributed by atoms with van der Waals surface area (Å²) in [6.07, 6.45) is 11.7. The van der Waals surface area contributed by atoms with Crippen LogP contribution in [0.3, 0.4) is 0 Å². The molecule has 2 aliphatic carbocycles. The summed E-state index contributed by atoms with van der Waals surface area (Å²) < 4.78 is 0. The van der Waals surface area contributed by atoms with Crippen molar-refractivity contribution in [2.45, 2.75) is 71.3 Å². The molecule has 0 aromatic rings. The van der Waals surface area contributed by atoms with E-state index in [2.05, 4.69) is 19.2 Å². The van der Waals surface area contributed by atoms with E-state index in [1.165, 1.54) is 57.9 Å². The lowest BCUT2D eigenvalue weighted by Gasteiger charge is -2.39. The Hall–Kier alpha value is -0.0400. The van der Waals surface area contributed by atoms with Gasteiger partial charge in [-0.05, 0) is 43.4 Å². The monoisotopic (exact) mass is 209 g/mol. The van der Waals surface area contributed by atoms with Gasteiger partial charge in [0.05, 0.1) is 0 Å². The summed E-state index contributed by atoms with van der Waals surface area (Å²) in [5.41, 5.74) is 0.662. The van der Waals surface area contributed by atoms with Crippen molar-refractivity contribution in [1.82, 2.24) is 5.32 Å². The maximum Gasteiger partial charge on any atom is 0.00684 e. The van der Waals surface area contributed by atoms with E-state index < -0.39 is 0 Å². The van der Waals surface area contributed by atoms with Crippen molar-refractivity contribution in [2.24, 2.45) is 11.3 Å². The first-order valence-electron chi connectivity index (χ1n) is 6.94. The maximum absolute atomic E-state index is 3.77. The van der Waals surface area contributed by atoms with Gasteiger partial charge in [-0.25, -0.2) is 0 Å². The summed E-state index contributed by atoms with van der Waals surface area (Å²) in [4.78, 5) is 0. The largest absolute Gasteiger partial charge is 0.313 e. The first-order valence-corrected chi connectivity index (χ1v) is 6.94. The lowest BCUT2D eigenvalue weighted by Crippen LogP contribution is -2.38. The molecule has 0 amide bonds. The topological polar surface area (TPSA) is 12.0 Å². The Balaban J connectivity index is 1.86.